The molecule has 0 aliphatic heterocycles. The highest BCUT2D eigenvalue weighted by Crippen LogP contribution is 2.29. The van der Waals surface area contributed by atoms with Crippen molar-refractivity contribution in [3.8, 4) is 0 Å². The van der Waals surface area contributed by atoms with E-state index < -0.39 is 0 Å². The summed E-state index contributed by atoms with van der Waals surface area (Å²) in [6.45, 7) is 11.2. The molecule has 1 heterocycles. The van der Waals surface area contributed by atoms with Gasteiger partial charge in [0.15, 0.2) is 0 Å². The van der Waals surface area contributed by atoms with Crippen LogP contribution in [0.3, 0.4) is 0 Å². The second kappa shape index (κ2) is 6.45. The summed E-state index contributed by atoms with van der Waals surface area (Å²) in [6, 6.07) is 9.03. The molecule has 0 radical (unpaired) electrons. The van der Waals surface area contributed by atoms with Crippen LogP contribution in [0, 0.1) is 12.8 Å². The highest BCUT2D eigenvalue weighted by Gasteiger charge is 2.18. The fourth-order valence-electron chi connectivity index (χ4n) is 2.95. The first-order chi connectivity index (χ1) is 9.52. The minimum atomic E-state index is 0.251. The summed E-state index contributed by atoms with van der Waals surface area (Å²) < 4.78 is 6.03. The van der Waals surface area contributed by atoms with E-state index in [0.29, 0.717) is 6.04 Å². The van der Waals surface area contributed by atoms with Gasteiger partial charge >= 0.3 is 0 Å². The SMILES string of the molecule is CCC(C)CC(C)NC(C)c1oc2ccccc2c1C. The van der Waals surface area contributed by atoms with Gasteiger partial charge < -0.3 is 9.73 Å². The van der Waals surface area contributed by atoms with Crippen LogP contribution in [0.5, 0.6) is 0 Å². The molecule has 0 amide bonds. The predicted octanol–water partition coefficient (Wildman–Crippen LogP) is 5.22. The van der Waals surface area contributed by atoms with Gasteiger partial charge in [-0.3, -0.25) is 0 Å². The van der Waals surface area contributed by atoms with Crippen LogP contribution >= 0.6 is 0 Å². The summed E-state index contributed by atoms with van der Waals surface area (Å²) in [7, 11) is 0. The summed E-state index contributed by atoms with van der Waals surface area (Å²) in [5.74, 6) is 1.84. The number of fused-ring (bicyclic) bond motifs is 1. The predicted molar refractivity (Wildman–Crippen MR) is 86.0 cm³/mol. The number of hydrogen-bond donors (Lipinski definition) is 1. The molecule has 3 atom stereocenters. The Labute approximate surface area is 122 Å². The Morgan fingerprint density at radius 1 is 1.15 bits per heavy atom. The second-order valence-electron chi connectivity index (χ2n) is 6.13. The van der Waals surface area contributed by atoms with Crippen LogP contribution in [-0.4, -0.2) is 6.04 Å². The molecule has 1 aromatic carbocycles. The van der Waals surface area contributed by atoms with E-state index in [1.165, 1.54) is 23.8 Å². The van der Waals surface area contributed by atoms with E-state index in [1.807, 2.05) is 12.1 Å². The number of rotatable bonds is 6. The lowest BCUT2D eigenvalue weighted by Gasteiger charge is -2.21. The van der Waals surface area contributed by atoms with Crippen LogP contribution in [0.1, 0.15) is 57.9 Å². The monoisotopic (exact) mass is 273 g/mol. The topological polar surface area (TPSA) is 25.2 Å². The lowest BCUT2D eigenvalue weighted by molar-refractivity contribution is 0.358. The zero-order valence-electron chi connectivity index (χ0n) is 13.4. The lowest BCUT2D eigenvalue weighted by Crippen LogP contribution is -2.30. The second-order valence-corrected chi connectivity index (χ2v) is 6.13. The van der Waals surface area contributed by atoms with Gasteiger partial charge in [0.2, 0.25) is 0 Å². The molecule has 0 bridgehead atoms. The maximum atomic E-state index is 6.03. The first-order valence-electron chi connectivity index (χ1n) is 7.77. The molecule has 0 saturated carbocycles. The van der Waals surface area contributed by atoms with Gasteiger partial charge in [-0.15, -0.1) is 0 Å². The first-order valence-corrected chi connectivity index (χ1v) is 7.77. The minimum absolute atomic E-state index is 0.251. The van der Waals surface area contributed by atoms with Crippen molar-refractivity contribution < 1.29 is 4.42 Å². The summed E-state index contributed by atoms with van der Waals surface area (Å²) in [6.07, 6.45) is 2.45. The number of benzene rings is 1. The van der Waals surface area contributed by atoms with Crippen molar-refractivity contribution in [1.29, 1.82) is 0 Å². The summed E-state index contributed by atoms with van der Waals surface area (Å²) in [5.41, 5.74) is 2.25. The van der Waals surface area contributed by atoms with Crippen LogP contribution in [-0.2, 0) is 0 Å². The number of para-hydroxylation sites is 1. The Bertz CT molecular complexity index is 558. The third-order valence-corrected chi connectivity index (χ3v) is 4.26. The Morgan fingerprint density at radius 2 is 1.85 bits per heavy atom. The molecule has 0 saturated heterocycles. The molecule has 2 rings (SSSR count). The van der Waals surface area contributed by atoms with Crippen LogP contribution in [0.15, 0.2) is 28.7 Å². The normalized spacial score (nSPS) is 16.2. The fourth-order valence-corrected chi connectivity index (χ4v) is 2.95. The smallest absolute Gasteiger partial charge is 0.134 e. The molecular weight excluding hydrogens is 246 g/mol. The molecule has 110 valence electrons. The van der Waals surface area contributed by atoms with E-state index >= 15 is 0 Å². The number of aryl methyl sites for hydroxylation is 1. The van der Waals surface area contributed by atoms with Gasteiger partial charge in [-0.25, -0.2) is 0 Å². The highest BCUT2D eigenvalue weighted by molar-refractivity contribution is 5.82. The zero-order chi connectivity index (χ0) is 14.7. The van der Waals surface area contributed by atoms with Crippen molar-refractivity contribution in [3.05, 3.63) is 35.6 Å². The average molecular weight is 273 g/mol. The Balaban J connectivity index is 2.11. The zero-order valence-corrected chi connectivity index (χ0v) is 13.4. The largest absolute Gasteiger partial charge is 0.459 e. The van der Waals surface area contributed by atoms with Gasteiger partial charge in [-0.1, -0.05) is 38.5 Å². The van der Waals surface area contributed by atoms with Crippen molar-refractivity contribution in [3.63, 3.8) is 0 Å². The van der Waals surface area contributed by atoms with Gasteiger partial charge in [-0.05, 0) is 44.7 Å². The fraction of sp³-hybridized carbons (Fsp3) is 0.556. The van der Waals surface area contributed by atoms with E-state index in [0.717, 1.165) is 17.3 Å². The summed E-state index contributed by atoms with van der Waals surface area (Å²) >= 11 is 0. The molecule has 0 aliphatic rings. The molecule has 20 heavy (non-hydrogen) atoms. The van der Waals surface area contributed by atoms with Gasteiger partial charge in [0, 0.05) is 11.4 Å². The lowest BCUT2D eigenvalue weighted by atomic mass is 9.99. The molecule has 3 unspecified atom stereocenters. The number of hydrogen-bond acceptors (Lipinski definition) is 2. The standard InChI is InChI=1S/C18H27NO/c1-6-12(2)11-13(3)19-15(5)18-14(4)16-9-7-8-10-17(16)20-18/h7-10,12-13,15,19H,6,11H2,1-5H3. The quantitative estimate of drug-likeness (QED) is 0.781. The summed E-state index contributed by atoms with van der Waals surface area (Å²) in [4.78, 5) is 0. The molecule has 1 N–H and O–H groups in total. The average Bonchev–Trinajstić information content (AvgIpc) is 2.76. The van der Waals surface area contributed by atoms with Gasteiger partial charge in [0.05, 0.1) is 6.04 Å². The van der Waals surface area contributed by atoms with Crippen molar-refractivity contribution in [2.45, 2.75) is 59.5 Å². The van der Waals surface area contributed by atoms with Crippen LogP contribution in [0.25, 0.3) is 11.0 Å². The van der Waals surface area contributed by atoms with E-state index in [4.69, 9.17) is 4.42 Å². The van der Waals surface area contributed by atoms with Crippen molar-refractivity contribution in [2.75, 3.05) is 0 Å². The number of furan rings is 1. The molecule has 0 aliphatic carbocycles. The molecule has 2 aromatic rings. The Kier molecular flexibility index (Phi) is 4.87. The molecule has 2 nitrogen and oxygen atoms in total. The Hall–Kier alpha value is -1.28. The first kappa shape index (κ1) is 15.1. The molecule has 2 heteroatoms. The van der Waals surface area contributed by atoms with Crippen molar-refractivity contribution in [2.24, 2.45) is 5.92 Å². The molecule has 1 aromatic heterocycles. The third-order valence-electron chi connectivity index (χ3n) is 4.26. The highest BCUT2D eigenvalue weighted by atomic mass is 16.3. The van der Waals surface area contributed by atoms with E-state index in [2.05, 4.69) is 52.1 Å². The van der Waals surface area contributed by atoms with Crippen molar-refractivity contribution in [1.82, 2.24) is 5.32 Å². The van der Waals surface area contributed by atoms with E-state index in [1.54, 1.807) is 0 Å². The molecule has 0 spiro atoms. The van der Waals surface area contributed by atoms with Crippen LogP contribution < -0.4 is 5.32 Å². The minimum Gasteiger partial charge on any atom is -0.459 e. The van der Waals surface area contributed by atoms with Crippen LogP contribution in [0.4, 0.5) is 0 Å². The molecular formula is C18H27NO. The third kappa shape index (κ3) is 3.24. The van der Waals surface area contributed by atoms with Gasteiger partial charge in [-0.2, -0.15) is 0 Å². The van der Waals surface area contributed by atoms with Gasteiger partial charge in [0.1, 0.15) is 11.3 Å². The number of nitrogens with one attached hydrogen (secondary N) is 1. The van der Waals surface area contributed by atoms with Gasteiger partial charge in [0.25, 0.3) is 0 Å². The molecule has 0 fully saturated rings. The summed E-state index contributed by atoms with van der Waals surface area (Å²) in [5, 5.41) is 4.90. The maximum absolute atomic E-state index is 6.03. The maximum Gasteiger partial charge on any atom is 0.134 e. The Morgan fingerprint density at radius 3 is 2.50 bits per heavy atom. The van der Waals surface area contributed by atoms with E-state index in [-0.39, 0.29) is 6.04 Å². The van der Waals surface area contributed by atoms with Crippen LogP contribution in [0.2, 0.25) is 0 Å². The van der Waals surface area contributed by atoms with Crippen molar-refractivity contribution >= 4 is 11.0 Å². The van der Waals surface area contributed by atoms with E-state index in [9.17, 15) is 0 Å².